The van der Waals surface area contributed by atoms with Crippen LogP contribution in [-0.4, -0.2) is 17.2 Å². The van der Waals surface area contributed by atoms with Gasteiger partial charge in [-0.25, -0.2) is 4.79 Å². The number of carbonyl (C=O) groups is 1. The predicted octanol–water partition coefficient (Wildman–Crippen LogP) is 2.95. The average Bonchev–Trinajstić information content (AvgIpc) is 2.91. The average molecular weight is 232 g/mol. The van der Waals surface area contributed by atoms with E-state index in [0.717, 1.165) is 17.6 Å². The van der Waals surface area contributed by atoms with Crippen LogP contribution in [0.5, 0.6) is 5.75 Å². The third kappa shape index (κ3) is 2.02. The van der Waals surface area contributed by atoms with E-state index in [2.05, 4.69) is 0 Å². The minimum absolute atomic E-state index is 0.310. The minimum Gasteiger partial charge on any atom is -0.490 e. The molecular formula is C14H16O3. The Balaban J connectivity index is 1.67. The lowest BCUT2D eigenvalue weighted by Crippen LogP contribution is -2.23. The third-order valence-electron chi connectivity index (χ3n) is 4.06. The molecule has 3 unspecified atom stereocenters. The smallest absolute Gasteiger partial charge is 0.335 e. The number of carboxylic acids is 1. The maximum absolute atomic E-state index is 10.7. The zero-order chi connectivity index (χ0) is 11.8. The highest BCUT2D eigenvalue weighted by atomic mass is 16.5. The van der Waals surface area contributed by atoms with Gasteiger partial charge in [-0.3, -0.25) is 0 Å². The number of fused-ring (bicyclic) bond motifs is 2. The first-order valence-electron chi connectivity index (χ1n) is 6.22. The van der Waals surface area contributed by atoms with E-state index in [-0.39, 0.29) is 0 Å². The van der Waals surface area contributed by atoms with E-state index in [1.54, 1.807) is 24.3 Å². The zero-order valence-electron chi connectivity index (χ0n) is 9.63. The summed E-state index contributed by atoms with van der Waals surface area (Å²) in [6, 6.07) is 6.72. The predicted molar refractivity (Wildman–Crippen MR) is 63.3 cm³/mol. The second kappa shape index (κ2) is 4.06. The lowest BCUT2D eigenvalue weighted by Gasteiger charge is -2.23. The Bertz CT molecular complexity index is 424. The summed E-state index contributed by atoms with van der Waals surface area (Å²) in [5.41, 5.74) is 0.310. The molecule has 1 aromatic carbocycles. The fourth-order valence-electron chi connectivity index (χ4n) is 3.18. The van der Waals surface area contributed by atoms with Gasteiger partial charge in [0.05, 0.1) is 5.56 Å². The lowest BCUT2D eigenvalue weighted by atomic mass is 9.98. The van der Waals surface area contributed by atoms with E-state index in [1.165, 1.54) is 25.7 Å². The van der Waals surface area contributed by atoms with Crippen molar-refractivity contribution in [1.82, 2.24) is 0 Å². The van der Waals surface area contributed by atoms with Gasteiger partial charge in [0.25, 0.3) is 0 Å². The number of ether oxygens (including phenoxy) is 1. The van der Waals surface area contributed by atoms with Crippen molar-refractivity contribution in [2.45, 2.75) is 31.8 Å². The molecule has 1 N–H and O–H groups in total. The van der Waals surface area contributed by atoms with E-state index < -0.39 is 5.97 Å². The maximum atomic E-state index is 10.7. The first-order valence-corrected chi connectivity index (χ1v) is 6.22. The van der Waals surface area contributed by atoms with Gasteiger partial charge in [0.2, 0.25) is 0 Å². The molecular weight excluding hydrogens is 216 g/mol. The van der Waals surface area contributed by atoms with Gasteiger partial charge in [0, 0.05) is 0 Å². The standard InChI is InChI=1S/C14H16O3/c15-14(16)10-3-5-12(6-4-10)17-13-8-9-1-2-11(13)7-9/h3-6,9,11,13H,1-2,7-8H2,(H,15,16). The molecule has 1 aromatic rings. The molecule has 2 saturated carbocycles. The molecule has 2 bridgehead atoms. The second-order valence-electron chi connectivity index (χ2n) is 5.16. The summed E-state index contributed by atoms with van der Waals surface area (Å²) < 4.78 is 5.95. The van der Waals surface area contributed by atoms with Crippen molar-refractivity contribution in [1.29, 1.82) is 0 Å². The number of rotatable bonds is 3. The molecule has 0 aliphatic heterocycles. The Morgan fingerprint density at radius 1 is 1.18 bits per heavy atom. The molecule has 2 fully saturated rings. The van der Waals surface area contributed by atoms with Crippen molar-refractivity contribution in [3.05, 3.63) is 29.8 Å². The molecule has 2 aliphatic carbocycles. The van der Waals surface area contributed by atoms with Gasteiger partial charge >= 0.3 is 5.97 Å². The SMILES string of the molecule is O=C(O)c1ccc(OC2CC3CCC2C3)cc1. The van der Waals surface area contributed by atoms with Crippen LogP contribution < -0.4 is 4.74 Å². The normalized spacial score (nSPS) is 30.5. The summed E-state index contributed by atoms with van der Waals surface area (Å²) in [7, 11) is 0. The Kier molecular flexibility index (Phi) is 2.54. The van der Waals surface area contributed by atoms with Crippen LogP contribution in [0.15, 0.2) is 24.3 Å². The Morgan fingerprint density at radius 3 is 2.47 bits per heavy atom. The highest BCUT2D eigenvalue weighted by molar-refractivity contribution is 5.87. The molecule has 2 aliphatic rings. The van der Waals surface area contributed by atoms with Gasteiger partial charge in [0.15, 0.2) is 0 Å². The van der Waals surface area contributed by atoms with E-state index in [0.29, 0.717) is 11.7 Å². The van der Waals surface area contributed by atoms with Crippen molar-refractivity contribution in [3.63, 3.8) is 0 Å². The van der Waals surface area contributed by atoms with Crippen LogP contribution in [0, 0.1) is 11.8 Å². The summed E-state index contributed by atoms with van der Waals surface area (Å²) in [5.74, 6) is 1.49. The lowest BCUT2D eigenvalue weighted by molar-refractivity contribution is 0.0697. The number of carboxylic acid groups (broad SMARTS) is 1. The van der Waals surface area contributed by atoms with E-state index in [4.69, 9.17) is 9.84 Å². The first kappa shape index (κ1) is 10.6. The van der Waals surface area contributed by atoms with Crippen molar-refractivity contribution in [3.8, 4) is 5.75 Å². The fourth-order valence-corrected chi connectivity index (χ4v) is 3.18. The molecule has 17 heavy (non-hydrogen) atoms. The van der Waals surface area contributed by atoms with Gasteiger partial charge in [-0.05, 0) is 61.8 Å². The van der Waals surface area contributed by atoms with Crippen molar-refractivity contribution in [2.75, 3.05) is 0 Å². The third-order valence-corrected chi connectivity index (χ3v) is 4.06. The molecule has 90 valence electrons. The summed E-state index contributed by atoms with van der Waals surface area (Å²) in [4.78, 5) is 10.7. The molecule has 0 radical (unpaired) electrons. The zero-order valence-corrected chi connectivity index (χ0v) is 9.63. The second-order valence-corrected chi connectivity index (χ2v) is 5.16. The minimum atomic E-state index is -0.892. The van der Waals surface area contributed by atoms with Crippen LogP contribution in [0.1, 0.15) is 36.0 Å². The topological polar surface area (TPSA) is 46.5 Å². The van der Waals surface area contributed by atoms with E-state index in [9.17, 15) is 4.79 Å². The van der Waals surface area contributed by atoms with Crippen LogP contribution in [0.3, 0.4) is 0 Å². The largest absolute Gasteiger partial charge is 0.490 e. The van der Waals surface area contributed by atoms with Crippen LogP contribution >= 0.6 is 0 Å². The molecule has 3 nitrogen and oxygen atoms in total. The molecule has 0 heterocycles. The first-order chi connectivity index (χ1) is 8.22. The molecule has 3 heteroatoms. The monoisotopic (exact) mass is 232 g/mol. The molecule has 3 rings (SSSR count). The quantitative estimate of drug-likeness (QED) is 0.871. The maximum Gasteiger partial charge on any atom is 0.335 e. The Hall–Kier alpha value is -1.51. The van der Waals surface area contributed by atoms with Gasteiger partial charge in [-0.15, -0.1) is 0 Å². The summed E-state index contributed by atoms with van der Waals surface area (Å²) in [6.45, 7) is 0. The summed E-state index contributed by atoms with van der Waals surface area (Å²) >= 11 is 0. The highest BCUT2D eigenvalue weighted by Gasteiger charge is 2.40. The molecule has 0 amide bonds. The van der Waals surface area contributed by atoms with Crippen molar-refractivity contribution in [2.24, 2.45) is 11.8 Å². The number of hydrogen-bond acceptors (Lipinski definition) is 2. The van der Waals surface area contributed by atoms with Crippen LogP contribution in [0.2, 0.25) is 0 Å². The molecule has 0 spiro atoms. The van der Waals surface area contributed by atoms with Crippen LogP contribution in [-0.2, 0) is 0 Å². The highest BCUT2D eigenvalue weighted by Crippen LogP contribution is 2.45. The van der Waals surface area contributed by atoms with Crippen molar-refractivity contribution >= 4 is 5.97 Å². The van der Waals surface area contributed by atoms with Crippen LogP contribution in [0.4, 0.5) is 0 Å². The van der Waals surface area contributed by atoms with Gasteiger partial charge < -0.3 is 9.84 Å². The molecule has 0 saturated heterocycles. The Morgan fingerprint density at radius 2 is 1.94 bits per heavy atom. The van der Waals surface area contributed by atoms with Gasteiger partial charge in [-0.2, -0.15) is 0 Å². The van der Waals surface area contributed by atoms with Gasteiger partial charge in [0.1, 0.15) is 11.9 Å². The van der Waals surface area contributed by atoms with Crippen molar-refractivity contribution < 1.29 is 14.6 Å². The van der Waals surface area contributed by atoms with Crippen LogP contribution in [0.25, 0.3) is 0 Å². The number of benzene rings is 1. The van der Waals surface area contributed by atoms with Gasteiger partial charge in [-0.1, -0.05) is 0 Å². The summed E-state index contributed by atoms with van der Waals surface area (Å²) in [6.07, 6.45) is 5.50. The number of hydrogen-bond donors (Lipinski definition) is 1. The van der Waals surface area contributed by atoms with E-state index >= 15 is 0 Å². The molecule has 0 aromatic heterocycles. The molecule has 3 atom stereocenters. The van der Waals surface area contributed by atoms with E-state index in [1.807, 2.05) is 0 Å². The summed E-state index contributed by atoms with van der Waals surface area (Å²) in [5, 5.41) is 8.81. The fraction of sp³-hybridized carbons (Fsp3) is 0.500. The number of aromatic carboxylic acids is 1. The Labute approximate surface area is 100 Å².